The van der Waals surface area contributed by atoms with Crippen LogP contribution < -0.4 is 14.8 Å². The number of methoxy groups -OCH3 is 2. The molecule has 0 saturated heterocycles. The Hall–Kier alpha value is -2.14. The Kier molecular flexibility index (Phi) is 6.76. The molecule has 0 fully saturated rings. The van der Waals surface area contributed by atoms with Gasteiger partial charge in [-0.25, -0.2) is 0 Å². The van der Waals surface area contributed by atoms with E-state index in [-0.39, 0.29) is 11.2 Å². The lowest BCUT2D eigenvalue weighted by Gasteiger charge is -2.14. The number of carbonyl (C=O) groups excluding carboxylic acids is 1. The summed E-state index contributed by atoms with van der Waals surface area (Å²) < 4.78 is 10.5. The molecule has 25 heavy (non-hydrogen) atoms. The van der Waals surface area contributed by atoms with Crippen molar-refractivity contribution in [2.75, 3.05) is 14.2 Å². The van der Waals surface area contributed by atoms with Gasteiger partial charge in [-0.3, -0.25) is 4.79 Å². The van der Waals surface area contributed by atoms with E-state index in [0.29, 0.717) is 18.0 Å². The summed E-state index contributed by atoms with van der Waals surface area (Å²) >= 11 is 1.58. The number of amides is 1. The Morgan fingerprint density at radius 1 is 1.08 bits per heavy atom. The minimum Gasteiger partial charge on any atom is -0.493 e. The summed E-state index contributed by atoms with van der Waals surface area (Å²) in [5.41, 5.74) is 3.40. The second-order valence-electron chi connectivity index (χ2n) is 5.94. The van der Waals surface area contributed by atoms with E-state index in [4.69, 9.17) is 9.47 Å². The van der Waals surface area contributed by atoms with Gasteiger partial charge in [0.1, 0.15) is 0 Å². The van der Waals surface area contributed by atoms with E-state index < -0.39 is 0 Å². The zero-order valence-corrected chi connectivity index (χ0v) is 16.2. The third-order valence-corrected chi connectivity index (χ3v) is 5.20. The van der Waals surface area contributed by atoms with Crippen molar-refractivity contribution in [3.05, 3.63) is 53.1 Å². The minimum atomic E-state index is -0.165. The quantitative estimate of drug-likeness (QED) is 0.756. The van der Waals surface area contributed by atoms with Crippen LogP contribution in [0.4, 0.5) is 0 Å². The fraction of sp³-hybridized carbons (Fsp3) is 0.350. The minimum absolute atomic E-state index is 0.0137. The van der Waals surface area contributed by atoms with Gasteiger partial charge in [-0.15, -0.1) is 11.8 Å². The summed E-state index contributed by atoms with van der Waals surface area (Å²) in [6.45, 7) is 6.52. The van der Waals surface area contributed by atoms with Gasteiger partial charge in [0, 0.05) is 11.4 Å². The summed E-state index contributed by atoms with van der Waals surface area (Å²) in [4.78, 5) is 13.5. The van der Waals surface area contributed by atoms with Gasteiger partial charge in [-0.05, 0) is 50.1 Å². The van der Waals surface area contributed by atoms with Crippen LogP contribution in [0.15, 0.2) is 41.3 Å². The molecule has 0 bridgehead atoms. The average Bonchev–Trinajstić information content (AvgIpc) is 2.61. The Morgan fingerprint density at radius 2 is 1.80 bits per heavy atom. The molecule has 0 saturated carbocycles. The standard InChI is InChI=1S/C20H25NO3S/c1-13-6-9-19(14(2)10-13)25-15(3)20(22)21-12-16-7-8-17(23-4)18(11-16)24-5/h6-11,15H,12H2,1-5H3,(H,21,22). The van der Waals surface area contributed by atoms with Gasteiger partial charge in [0.2, 0.25) is 5.91 Å². The number of ether oxygens (including phenoxy) is 2. The molecule has 4 nitrogen and oxygen atoms in total. The molecule has 0 aliphatic rings. The van der Waals surface area contributed by atoms with Gasteiger partial charge >= 0.3 is 0 Å². The van der Waals surface area contributed by atoms with Crippen molar-refractivity contribution in [2.24, 2.45) is 0 Å². The van der Waals surface area contributed by atoms with Crippen LogP contribution in [0.3, 0.4) is 0 Å². The zero-order valence-electron chi connectivity index (χ0n) is 15.4. The van der Waals surface area contributed by atoms with E-state index in [1.165, 1.54) is 11.1 Å². The lowest BCUT2D eigenvalue weighted by Crippen LogP contribution is -2.30. The molecule has 5 heteroatoms. The maximum atomic E-state index is 12.4. The van der Waals surface area contributed by atoms with Crippen LogP contribution in [0.5, 0.6) is 11.5 Å². The van der Waals surface area contributed by atoms with Crippen molar-refractivity contribution in [3.63, 3.8) is 0 Å². The van der Waals surface area contributed by atoms with Crippen molar-refractivity contribution in [2.45, 2.75) is 37.5 Å². The van der Waals surface area contributed by atoms with Gasteiger partial charge < -0.3 is 14.8 Å². The SMILES string of the molecule is COc1ccc(CNC(=O)C(C)Sc2ccc(C)cc2C)cc1OC. The summed E-state index contributed by atoms with van der Waals surface area (Å²) in [6, 6.07) is 11.9. The molecule has 1 amide bonds. The molecular formula is C20H25NO3S. The first-order valence-electron chi connectivity index (χ1n) is 8.17. The van der Waals surface area contributed by atoms with E-state index in [1.54, 1.807) is 26.0 Å². The molecule has 134 valence electrons. The van der Waals surface area contributed by atoms with Gasteiger partial charge in [0.15, 0.2) is 11.5 Å². The number of thioether (sulfide) groups is 1. The first-order valence-corrected chi connectivity index (χ1v) is 9.05. The highest BCUT2D eigenvalue weighted by molar-refractivity contribution is 8.00. The second kappa shape index (κ2) is 8.81. The largest absolute Gasteiger partial charge is 0.493 e. The fourth-order valence-electron chi connectivity index (χ4n) is 2.50. The van der Waals surface area contributed by atoms with Crippen LogP contribution in [0.25, 0.3) is 0 Å². The van der Waals surface area contributed by atoms with E-state index in [0.717, 1.165) is 10.5 Å². The van der Waals surface area contributed by atoms with E-state index >= 15 is 0 Å². The molecule has 1 atom stereocenters. The second-order valence-corrected chi connectivity index (χ2v) is 7.32. The lowest BCUT2D eigenvalue weighted by atomic mass is 10.2. The molecule has 0 aliphatic heterocycles. The van der Waals surface area contributed by atoms with Crippen LogP contribution in [-0.2, 0) is 11.3 Å². The van der Waals surface area contributed by atoms with Crippen molar-refractivity contribution >= 4 is 17.7 Å². The molecule has 2 aromatic carbocycles. The van der Waals surface area contributed by atoms with Crippen LogP contribution in [0.1, 0.15) is 23.6 Å². The number of hydrogen-bond acceptors (Lipinski definition) is 4. The Morgan fingerprint density at radius 3 is 2.44 bits per heavy atom. The summed E-state index contributed by atoms with van der Waals surface area (Å²) in [5, 5.41) is 2.82. The number of carbonyl (C=O) groups is 1. The summed E-state index contributed by atoms with van der Waals surface area (Å²) in [5.74, 6) is 1.35. The molecule has 0 heterocycles. The molecule has 0 radical (unpaired) electrons. The van der Waals surface area contributed by atoms with Gasteiger partial charge in [-0.2, -0.15) is 0 Å². The first kappa shape index (κ1) is 19.2. The molecule has 0 spiro atoms. The molecule has 0 aliphatic carbocycles. The predicted molar refractivity (Wildman–Crippen MR) is 103 cm³/mol. The summed E-state index contributed by atoms with van der Waals surface area (Å²) in [6.07, 6.45) is 0. The number of benzene rings is 2. The lowest BCUT2D eigenvalue weighted by molar-refractivity contribution is -0.120. The smallest absolute Gasteiger partial charge is 0.233 e. The van der Waals surface area contributed by atoms with Crippen molar-refractivity contribution < 1.29 is 14.3 Å². The normalized spacial score (nSPS) is 11.7. The highest BCUT2D eigenvalue weighted by atomic mass is 32.2. The molecule has 1 N–H and O–H groups in total. The number of rotatable bonds is 7. The number of aryl methyl sites for hydroxylation is 2. The van der Waals surface area contributed by atoms with E-state index in [9.17, 15) is 4.79 Å². The third-order valence-electron chi connectivity index (χ3n) is 3.92. The van der Waals surface area contributed by atoms with Crippen molar-refractivity contribution in [1.82, 2.24) is 5.32 Å². The molecule has 2 rings (SSSR count). The van der Waals surface area contributed by atoms with Gasteiger partial charge in [-0.1, -0.05) is 23.8 Å². The number of nitrogens with one attached hydrogen (secondary N) is 1. The van der Waals surface area contributed by atoms with E-state index in [2.05, 4.69) is 37.4 Å². The van der Waals surface area contributed by atoms with Crippen LogP contribution in [-0.4, -0.2) is 25.4 Å². The highest BCUT2D eigenvalue weighted by Crippen LogP contribution is 2.28. The number of hydrogen-bond donors (Lipinski definition) is 1. The average molecular weight is 359 g/mol. The van der Waals surface area contributed by atoms with Crippen molar-refractivity contribution in [3.8, 4) is 11.5 Å². The third kappa shape index (κ3) is 5.16. The van der Waals surface area contributed by atoms with Gasteiger partial charge in [0.25, 0.3) is 0 Å². The van der Waals surface area contributed by atoms with Crippen LogP contribution in [0.2, 0.25) is 0 Å². The molecule has 2 aromatic rings. The monoisotopic (exact) mass is 359 g/mol. The highest BCUT2D eigenvalue weighted by Gasteiger charge is 2.15. The van der Waals surface area contributed by atoms with Gasteiger partial charge in [0.05, 0.1) is 19.5 Å². The molecule has 1 unspecified atom stereocenters. The maximum absolute atomic E-state index is 12.4. The topological polar surface area (TPSA) is 47.6 Å². The summed E-state index contributed by atoms with van der Waals surface area (Å²) in [7, 11) is 3.20. The fourth-order valence-corrected chi connectivity index (χ4v) is 3.46. The predicted octanol–water partition coefficient (Wildman–Crippen LogP) is 4.12. The van der Waals surface area contributed by atoms with Crippen LogP contribution >= 0.6 is 11.8 Å². The molecular weight excluding hydrogens is 334 g/mol. The van der Waals surface area contributed by atoms with E-state index in [1.807, 2.05) is 25.1 Å². The molecule has 0 aromatic heterocycles. The van der Waals surface area contributed by atoms with Crippen LogP contribution in [0, 0.1) is 13.8 Å². The maximum Gasteiger partial charge on any atom is 0.233 e. The first-order chi connectivity index (χ1) is 11.9. The zero-order chi connectivity index (χ0) is 18.4. The Labute approximate surface area is 153 Å². The van der Waals surface area contributed by atoms with Crippen molar-refractivity contribution in [1.29, 1.82) is 0 Å². The Bertz CT molecular complexity index is 746. The Balaban J connectivity index is 1.95.